The zero-order valence-corrected chi connectivity index (χ0v) is 17.4. The first kappa shape index (κ1) is 20.2. The number of carbonyl (C=O) groups excluding carboxylic acids is 2. The highest BCUT2D eigenvalue weighted by Gasteiger charge is 2.18. The average Bonchev–Trinajstić information content (AvgIpc) is 3.36. The van der Waals surface area contributed by atoms with Crippen LogP contribution >= 0.6 is 22.7 Å². The number of rotatable bonds is 8. The second-order valence-corrected chi connectivity index (χ2v) is 8.37. The van der Waals surface area contributed by atoms with Crippen molar-refractivity contribution in [2.75, 3.05) is 13.1 Å². The Balaban J connectivity index is 1.64. The molecular formula is C19H22N4O3S2. The maximum atomic E-state index is 12.6. The molecule has 0 radical (unpaired) electrons. The SMILES string of the molecule is CCc1cc2c(=O)n(CC(=O)N(CC)CC(=O)NCc3cccs3)cnc2s1. The first-order valence-electron chi connectivity index (χ1n) is 9.06. The Labute approximate surface area is 170 Å². The highest BCUT2D eigenvalue weighted by atomic mass is 32.1. The maximum Gasteiger partial charge on any atom is 0.262 e. The van der Waals surface area contributed by atoms with Crippen LogP contribution < -0.4 is 10.9 Å². The van der Waals surface area contributed by atoms with Gasteiger partial charge in [0.15, 0.2) is 0 Å². The second-order valence-electron chi connectivity index (χ2n) is 6.23. The van der Waals surface area contributed by atoms with Crippen molar-refractivity contribution < 1.29 is 9.59 Å². The van der Waals surface area contributed by atoms with Crippen LogP contribution in [0.1, 0.15) is 23.6 Å². The lowest BCUT2D eigenvalue weighted by molar-refractivity contribution is -0.136. The van der Waals surface area contributed by atoms with E-state index in [2.05, 4.69) is 10.3 Å². The lowest BCUT2D eigenvalue weighted by atomic mass is 10.3. The van der Waals surface area contributed by atoms with Crippen LogP contribution in [-0.2, 0) is 29.1 Å². The van der Waals surface area contributed by atoms with Gasteiger partial charge in [0.05, 0.1) is 24.8 Å². The van der Waals surface area contributed by atoms with Crippen LogP contribution in [0.15, 0.2) is 34.7 Å². The molecule has 148 valence electrons. The van der Waals surface area contributed by atoms with Gasteiger partial charge in [0.1, 0.15) is 11.4 Å². The minimum Gasteiger partial charge on any atom is -0.350 e. The number of carbonyl (C=O) groups is 2. The highest BCUT2D eigenvalue weighted by molar-refractivity contribution is 7.18. The van der Waals surface area contributed by atoms with E-state index in [9.17, 15) is 14.4 Å². The molecule has 0 saturated carbocycles. The minimum atomic E-state index is -0.289. The Morgan fingerprint density at radius 3 is 2.79 bits per heavy atom. The van der Waals surface area contributed by atoms with Crippen LogP contribution in [0, 0.1) is 0 Å². The van der Waals surface area contributed by atoms with Crippen LogP contribution in [0.4, 0.5) is 0 Å². The maximum absolute atomic E-state index is 12.6. The van der Waals surface area contributed by atoms with Crippen LogP contribution in [0.25, 0.3) is 10.2 Å². The molecule has 3 rings (SSSR count). The van der Waals surface area contributed by atoms with E-state index in [1.165, 1.54) is 27.1 Å². The van der Waals surface area contributed by atoms with Gasteiger partial charge >= 0.3 is 0 Å². The lowest BCUT2D eigenvalue weighted by Gasteiger charge is -2.20. The second kappa shape index (κ2) is 9.11. The molecule has 0 aliphatic rings. The van der Waals surface area contributed by atoms with Gasteiger partial charge in [0.25, 0.3) is 5.56 Å². The number of hydrogen-bond acceptors (Lipinski definition) is 6. The summed E-state index contributed by atoms with van der Waals surface area (Å²) in [7, 11) is 0. The van der Waals surface area contributed by atoms with Crippen molar-refractivity contribution in [3.05, 3.63) is 50.0 Å². The molecule has 0 aliphatic heterocycles. The molecule has 0 spiro atoms. The predicted molar refractivity (Wildman–Crippen MR) is 112 cm³/mol. The van der Waals surface area contributed by atoms with E-state index in [-0.39, 0.29) is 30.5 Å². The highest BCUT2D eigenvalue weighted by Crippen LogP contribution is 2.20. The number of amides is 2. The molecule has 3 aromatic rings. The van der Waals surface area contributed by atoms with Gasteiger partial charge in [-0.3, -0.25) is 19.0 Å². The molecule has 1 N–H and O–H groups in total. The standard InChI is InChI=1S/C19H22N4O3S2/c1-3-13-8-15-18(28-13)21-12-23(19(15)26)11-17(25)22(4-2)10-16(24)20-9-14-6-5-7-27-14/h5-8,12H,3-4,9-11H2,1-2H3,(H,20,24). The Bertz CT molecular complexity index is 1020. The Morgan fingerprint density at radius 2 is 2.11 bits per heavy atom. The first-order chi connectivity index (χ1) is 13.5. The number of thiophene rings is 2. The normalized spacial score (nSPS) is 10.9. The van der Waals surface area contributed by atoms with Gasteiger partial charge in [0, 0.05) is 16.3 Å². The number of aromatic nitrogens is 2. The number of nitrogens with zero attached hydrogens (tertiary/aromatic N) is 3. The van der Waals surface area contributed by atoms with Crippen LogP contribution in [0.2, 0.25) is 0 Å². The first-order valence-corrected chi connectivity index (χ1v) is 10.8. The van der Waals surface area contributed by atoms with Gasteiger partial charge in [-0.2, -0.15) is 0 Å². The van der Waals surface area contributed by atoms with Crippen molar-refractivity contribution in [3.8, 4) is 0 Å². The summed E-state index contributed by atoms with van der Waals surface area (Å²) in [6, 6.07) is 5.71. The Kier molecular flexibility index (Phi) is 6.58. The monoisotopic (exact) mass is 418 g/mol. The predicted octanol–water partition coefficient (Wildman–Crippen LogP) is 2.25. The summed E-state index contributed by atoms with van der Waals surface area (Å²) in [5.41, 5.74) is -0.229. The van der Waals surface area contributed by atoms with E-state index >= 15 is 0 Å². The molecule has 0 unspecified atom stereocenters. The molecular weight excluding hydrogens is 396 g/mol. The van der Waals surface area contributed by atoms with Crippen molar-refractivity contribution in [3.63, 3.8) is 0 Å². The Morgan fingerprint density at radius 1 is 1.29 bits per heavy atom. The molecule has 0 fully saturated rings. The quantitative estimate of drug-likeness (QED) is 0.608. The topological polar surface area (TPSA) is 84.3 Å². The lowest BCUT2D eigenvalue weighted by Crippen LogP contribution is -2.42. The summed E-state index contributed by atoms with van der Waals surface area (Å²) >= 11 is 3.05. The van der Waals surface area contributed by atoms with Crippen LogP contribution in [-0.4, -0.2) is 39.4 Å². The van der Waals surface area contributed by atoms with Gasteiger partial charge in [-0.05, 0) is 30.9 Å². The van der Waals surface area contributed by atoms with E-state index in [1.54, 1.807) is 18.3 Å². The van der Waals surface area contributed by atoms with Gasteiger partial charge in [-0.1, -0.05) is 13.0 Å². The van der Waals surface area contributed by atoms with Crippen molar-refractivity contribution in [1.29, 1.82) is 0 Å². The molecule has 7 nitrogen and oxygen atoms in total. The van der Waals surface area contributed by atoms with Crippen LogP contribution in [0.3, 0.4) is 0 Å². The molecule has 2 amide bonds. The van der Waals surface area contributed by atoms with Crippen molar-refractivity contribution in [1.82, 2.24) is 19.8 Å². The third-order valence-corrected chi connectivity index (χ3v) is 6.40. The summed E-state index contributed by atoms with van der Waals surface area (Å²) in [4.78, 5) is 46.0. The van der Waals surface area contributed by atoms with E-state index in [4.69, 9.17) is 0 Å². The van der Waals surface area contributed by atoms with E-state index in [0.717, 1.165) is 16.2 Å². The molecule has 3 aromatic heterocycles. The van der Waals surface area contributed by atoms with E-state index in [0.29, 0.717) is 23.3 Å². The molecule has 3 heterocycles. The van der Waals surface area contributed by atoms with Gasteiger partial charge in [-0.25, -0.2) is 4.98 Å². The molecule has 28 heavy (non-hydrogen) atoms. The fraction of sp³-hybridized carbons (Fsp3) is 0.368. The van der Waals surface area contributed by atoms with Crippen molar-refractivity contribution in [2.24, 2.45) is 0 Å². The summed E-state index contributed by atoms with van der Waals surface area (Å²) in [5, 5.41) is 5.29. The molecule has 0 bridgehead atoms. The Hall–Kier alpha value is -2.52. The number of fused-ring (bicyclic) bond motifs is 1. The zero-order chi connectivity index (χ0) is 20.1. The van der Waals surface area contributed by atoms with E-state index < -0.39 is 0 Å². The third-order valence-electron chi connectivity index (χ3n) is 4.33. The number of aryl methyl sites for hydroxylation is 1. The fourth-order valence-corrected chi connectivity index (χ4v) is 4.32. The third kappa shape index (κ3) is 4.66. The average molecular weight is 419 g/mol. The number of nitrogens with one attached hydrogen (secondary N) is 1. The number of likely N-dealkylation sites (N-methyl/N-ethyl adjacent to an activating group) is 1. The number of hydrogen-bond donors (Lipinski definition) is 1. The van der Waals surface area contributed by atoms with Gasteiger partial charge in [0.2, 0.25) is 11.8 Å². The fourth-order valence-electron chi connectivity index (χ4n) is 2.75. The zero-order valence-electron chi connectivity index (χ0n) is 15.8. The van der Waals surface area contributed by atoms with E-state index in [1.807, 2.05) is 30.5 Å². The summed E-state index contributed by atoms with van der Waals surface area (Å²) in [6.07, 6.45) is 2.24. The summed E-state index contributed by atoms with van der Waals surface area (Å²) in [5.74, 6) is -0.516. The smallest absolute Gasteiger partial charge is 0.262 e. The van der Waals surface area contributed by atoms with Gasteiger partial charge < -0.3 is 10.2 Å². The molecule has 0 aliphatic carbocycles. The largest absolute Gasteiger partial charge is 0.350 e. The summed E-state index contributed by atoms with van der Waals surface area (Å²) < 4.78 is 1.31. The van der Waals surface area contributed by atoms with Crippen molar-refractivity contribution in [2.45, 2.75) is 33.4 Å². The molecule has 0 saturated heterocycles. The van der Waals surface area contributed by atoms with Crippen LogP contribution in [0.5, 0.6) is 0 Å². The summed E-state index contributed by atoms with van der Waals surface area (Å²) in [6.45, 7) is 4.49. The molecule has 9 heteroatoms. The molecule has 0 aromatic carbocycles. The van der Waals surface area contributed by atoms with Gasteiger partial charge in [-0.15, -0.1) is 22.7 Å². The van der Waals surface area contributed by atoms with Crippen molar-refractivity contribution >= 4 is 44.7 Å². The molecule has 0 atom stereocenters. The minimum absolute atomic E-state index is 0.0381.